The Morgan fingerprint density at radius 1 is 1.00 bits per heavy atom. The minimum Gasteiger partial charge on any atom is -0.434 e. The number of nitrogens with zero attached hydrogens (tertiary/aromatic N) is 1. The van der Waals surface area contributed by atoms with Crippen LogP contribution < -0.4 is 10.1 Å². The Balaban J connectivity index is 1.77. The predicted molar refractivity (Wildman–Crippen MR) is 106 cm³/mol. The van der Waals surface area contributed by atoms with Crippen molar-refractivity contribution in [2.45, 2.75) is 22.9 Å². The fraction of sp³-hybridized carbons (Fsp3) is 0.0909. The average Bonchev–Trinajstić information content (AvgIpc) is 2.73. The van der Waals surface area contributed by atoms with Crippen molar-refractivity contribution >= 4 is 17.7 Å². The molecule has 3 aromatic carbocycles. The number of rotatable bonds is 7. The predicted octanol–water partition coefficient (Wildman–Crippen LogP) is 5.24. The minimum atomic E-state index is -2.94. The van der Waals surface area contributed by atoms with Gasteiger partial charge in [0.2, 0.25) is 0 Å². The lowest BCUT2D eigenvalue weighted by Gasteiger charge is -2.13. The van der Waals surface area contributed by atoms with E-state index in [-0.39, 0.29) is 18.2 Å². The van der Waals surface area contributed by atoms with E-state index in [1.807, 2.05) is 12.1 Å². The highest BCUT2D eigenvalue weighted by molar-refractivity contribution is 7.99. The van der Waals surface area contributed by atoms with Gasteiger partial charge in [-0.05, 0) is 30.3 Å². The Morgan fingerprint density at radius 2 is 1.66 bits per heavy atom. The number of nitrogens with one attached hydrogen (secondary N) is 1. The van der Waals surface area contributed by atoms with E-state index in [2.05, 4.69) is 16.1 Å². The largest absolute Gasteiger partial charge is 0.434 e. The van der Waals surface area contributed by atoms with E-state index in [9.17, 15) is 18.8 Å². The van der Waals surface area contributed by atoms with Crippen molar-refractivity contribution in [1.82, 2.24) is 5.32 Å². The zero-order valence-corrected chi connectivity index (χ0v) is 16.0. The molecule has 0 aromatic heterocycles. The molecule has 1 N–H and O–H groups in total. The van der Waals surface area contributed by atoms with E-state index in [0.717, 1.165) is 4.90 Å². The number of benzene rings is 3. The second kappa shape index (κ2) is 9.71. The highest BCUT2D eigenvalue weighted by Gasteiger charge is 2.15. The first kappa shape index (κ1) is 20.4. The Morgan fingerprint density at radius 3 is 2.41 bits per heavy atom. The molecule has 0 bridgehead atoms. The van der Waals surface area contributed by atoms with Gasteiger partial charge in [0.25, 0.3) is 5.91 Å². The fourth-order valence-electron chi connectivity index (χ4n) is 2.64. The number of amides is 1. The number of hydrogen-bond donors (Lipinski definition) is 1. The normalized spacial score (nSPS) is 10.4. The average molecular weight is 410 g/mol. The van der Waals surface area contributed by atoms with Gasteiger partial charge in [-0.3, -0.25) is 4.79 Å². The number of para-hydroxylation sites is 1. The van der Waals surface area contributed by atoms with E-state index < -0.39 is 6.61 Å². The molecule has 1 amide bonds. The summed E-state index contributed by atoms with van der Waals surface area (Å²) < 4.78 is 29.6. The third-order valence-electron chi connectivity index (χ3n) is 3.99. The molecule has 3 rings (SSSR count). The first-order chi connectivity index (χ1) is 14.1. The second-order valence-electron chi connectivity index (χ2n) is 5.88. The number of halogens is 2. The zero-order valence-electron chi connectivity index (χ0n) is 15.1. The second-order valence-corrected chi connectivity index (χ2v) is 6.96. The number of carbonyl (C=O) groups excluding carboxylic acids is 1. The summed E-state index contributed by atoms with van der Waals surface area (Å²) in [5.74, 6) is -0.331. The monoisotopic (exact) mass is 410 g/mol. The smallest absolute Gasteiger partial charge is 0.387 e. The van der Waals surface area contributed by atoms with Crippen LogP contribution in [0, 0.1) is 11.3 Å². The van der Waals surface area contributed by atoms with Crippen LogP contribution in [0.3, 0.4) is 0 Å². The van der Waals surface area contributed by atoms with E-state index in [1.54, 1.807) is 54.6 Å². The SMILES string of the molecule is N#Cc1ccccc1Sc1ccccc1C(=O)NCc1ccccc1OC(F)F. The van der Waals surface area contributed by atoms with Gasteiger partial charge < -0.3 is 10.1 Å². The van der Waals surface area contributed by atoms with Crippen LogP contribution in [0.1, 0.15) is 21.5 Å². The summed E-state index contributed by atoms with van der Waals surface area (Å²) in [5.41, 5.74) is 1.39. The van der Waals surface area contributed by atoms with Crippen molar-refractivity contribution in [3.8, 4) is 11.8 Å². The Bertz CT molecular complexity index is 1050. The van der Waals surface area contributed by atoms with E-state index in [1.165, 1.54) is 17.8 Å². The summed E-state index contributed by atoms with van der Waals surface area (Å²) in [7, 11) is 0. The molecule has 0 radical (unpaired) electrons. The molecule has 0 unspecified atom stereocenters. The van der Waals surface area contributed by atoms with Crippen LogP contribution >= 0.6 is 11.8 Å². The van der Waals surface area contributed by atoms with Gasteiger partial charge in [0.1, 0.15) is 11.8 Å². The molecule has 0 fully saturated rings. The molecule has 0 heterocycles. The molecule has 7 heteroatoms. The lowest BCUT2D eigenvalue weighted by atomic mass is 10.1. The number of ether oxygens (including phenoxy) is 1. The minimum absolute atomic E-state index is 0.0217. The van der Waals surface area contributed by atoms with Crippen molar-refractivity contribution < 1.29 is 18.3 Å². The Kier molecular flexibility index (Phi) is 6.82. The lowest BCUT2D eigenvalue weighted by molar-refractivity contribution is -0.0504. The quantitative estimate of drug-likeness (QED) is 0.579. The zero-order chi connectivity index (χ0) is 20.6. The first-order valence-electron chi connectivity index (χ1n) is 8.65. The summed E-state index contributed by atoms with van der Waals surface area (Å²) >= 11 is 1.32. The standard InChI is InChI=1S/C22H16F2N2O2S/c23-22(24)28-18-10-4-1-8-16(18)14-26-21(27)17-9-3-6-12-20(17)29-19-11-5-2-7-15(19)13-25/h1-12,22H,14H2,(H,26,27). The van der Waals surface area contributed by atoms with Crippen LogP contribution in [-0.2, 0) is 6.54 Å². The van der Waals surface area contributed by atoms with Crippen LogP contribution in [0.4, 0.5) is 8.78 Å². The van der Waals surface area contributed by atoms with Gasteiger partial charge in [0.05, 0.1) is 11.1 Å². The molecule has 0 atom stereocenters. The summed E-state index contributed by atoms with van der Waals surface area (Å²) in [4.78, 5) is 14.2. The fourth-order valence-corrected chi connectivity index (χ4v) is 3.67. The molecule has 146 valence electrons. The first-order valence-corrected chi connectivity index (χ1v) is 9.47. The van der Waals surface area contributed by atoms with Gasteiger partial charge in [-0.1, -0.05) is 54.2 Å². The van der Waals surface area contributed by atoms with Crippen LogP contribution in [-0.4, -0.2) is 12.5 Å². The van der Waals surface area contributed by atoms with Crippen LogP contribution in [0.25, 0.3) is 0 Å². The van der Waals surface area contributed by atoms with Crippen molar-refractivity contribution in [3.05, 3.63) is 89.5 Å². The van der Waals surface area contributed by atoms with E-state index in [4.69, 9.17) is 0 Å². The number of hydrogen-bond acceptors (Lipinski definition) is 4. The van der Waals surface area contributed by atoms with Crippen LogP contribution in [0.15, 0.2) is 82.6 Å². The molecule has 0 aliphatic rings. The summed E-state index contributed by atoms with van der Waals surface area (Å²) in [5, 5.41) is 12.0. The maximum atomic E-state index is 12.7. The number of carbonyl (C=O) groups is 1. The molecular weight excluding hydrogens is 394 g/mol. The van der Waals surface area contributed by atoms with Crippen molar-refractivity contribution in [1.29, 1.82) is 5.26 Å². The molecule has 0 saturated carbocycles. The van der Waals surface area contributed by atoms with E-state index >= 15 is 0 Å². The van der Waals surface area contributed by atoms with Gasteiger partial charge in [0.15, 0.2) is 0 Å². The molecule has 0 aliphatic carbocycles. The summed E-state index contributed by atoms with van der Waals surface area (Å²) in [6.45, 7) is -2.90. The highest BCUT2D eigenvalue weighted by Crippen LogP contribution is 2.32. The lowest BCUT2D eigenvalue weighted by Crippen LogP contribution is -2.23. The molecule has 4 nitrogen and oxygen atoms in total. The third kappa shape index (κ3) is 5.33. The van der Waals surface area contributed by atoms with Gasteiger partial charge in [0, 0.05) is 21.9 Å². The van der Waals surface area contributed by atoms with Crippen molar-refractivity contribution in [2.75, 3.05) is 0 Å². The maximum Gasteiger partial charge on any atom is 0.387 e. The molecular formula is C22H16F2N2O2S. The number of alkyl halides is 2. The summed E-state index contributed by atoms with van der Waals surface area (Å²) in [6, 6.07) is 22.6. The molecule has 0 saturated heterocycles. The summed E-state index contributed by atoms with van der Waals surface area (Å²) in [6.07, 6.45) is 0. The molecule has 29 heavy (non-hydrogen) atoms. The van der Waals surface area contributed by atoms with Crippen LogP contribution in [0.5, 0.6) is 5.75 Å². The Labute approximate surface area is 171 Å². The van der Waals surface area contributed by atoms with Gasteiger partial charge >= 0.3 is 6.61 Å². The van der Waals surface area contributed by atoms with Gasteiger partial charge in [-0.2, -0.15) is 14.0 Å². The van der Waals surface area contributed by atoms with Crippen LogP contribution in [0.2, 0.25) is 0 Å². The van der Waals surface area contributed by atoms with Gasteiger partial charge in [-0.25, -0.2) is 0 Å². The number of nitriles is 1. The van der Waals surface area contributed by atoms with Gasteiger partial charge in [-0.15, -0.1) is 0 Å². The highest BCUT2D eigenvalue weighted by atomic mass is 32.2. The Hall–Kier alpha value is -3.37. The molecule has 0 aliphatic heterocycles. The third-order valence-corrected chi connectivity index (χ3v) is 5.14. The molecule has 3 aromatic rings. The van der Waals surface area contributed by atoms with Crippen molar-refractivity contribution in [2.24, 2.45) is 0 Å². The van der Waals surface area contributed by atoms with E-state index in [0.29, 0.717) is 21.6 Å². The maximum absolute atomic E-state index is 12.7. The van der Waals surface area contributed by atoms with Crippen molar-refractivity contribution in [3.63, 3.8) is 0 Å². The topological polar surface area (TPSA) is 62.1 Å². The molecule has 0 spiro atoms.